The number of aryl methyl sites for hydroxylation is 1. The third-order valence-corrected chi connectivity index (χ3v) is 2.53. The summed E-state index contributed by atoms with van der Waals surface area (Å²) in [7, 11) is 1.81. The van der Waals surface area contributed by atoms with Crippen LogP contribution in [0.5, 0.6) is 0 Å². The number of nitrogens with one attached hydrogen (secondary N) is 2. The van der Waals surface area contributed by atoms with Crippen molar-refractivity contribution in [3.05, 3.63) is 5.69 Å². The molecule has 0 atom stereocenters. The molecule has 0 aromatic carbocycles. The fraction of sp³-hybridized carbons (Fsp3) is 0.667. The lowest BCUT2D eigenvalue weighted by molar-refractivity contribution is -0.119. The molecule has 0 saturated heterocycles. The predicted molar refractivity (Wildman–Crippen MR) is 73.5 cm³/mol. The number of hydrogen-bond acceptors (Lipinski definition) is 4. The van der Waals surface area contributed by atoms with Gasteiger partial charge in [-0.15, -0.1) is 0 Å². The fourth-order valence-electron chi connectivity index (χ4n) is 1.73. The van der Waals surface area contributed by atoms with Crippen LogP contribution in [0.25, 0.3) is 0 Å². The number of nitrogen functional groups attached to an aromatic ring is 1. The minimum Gasteiger partial charge on any atom is -0.394 e. The molecule has 0 fully saturated rings. The van der Waals surface area contributed by atoms with E-state index in [-0.39, 0.29) is 24.4 Å². The van der Waals surface area contributed by atoms with Gasteiger partial charge < -0.3 is 16.4 Å². The highest BCUT2D eigenvalue weighted by molar-refractivity contribution is 5.82. The van der Waals surface area contributed by atoms with E-state index >= 15 is 0 Å². The van der Waals surface area contributed by atoms with Crippen LogP contribution in [0.2, 0.25) is 0 Å². The van der Waals surface area contributed by atoms with Crippen molar-refractivity contribution in [1.29, 1.82) is 0 Å². The molecule has 102 valence electrons. The largest absolute Gasteiger partial charge is 0.394 e. The van der Waals surface area contributed by atoms with E-state index in [0.29, 0.717) is 11.5 Å². The van der Waals surface area contributed by atoms with Crippen molar-refractivity contribution in [3.63, 3.8) is 0 Å². The Morgan fingerprint density at radius 3 is 2.44 bits per heavy atom. The number of aromatic nitrogens is 2. The van der Waals surface area contributed by atoms with E-state index < -0.39 is 0 Å². The number of nitrogens with zero attached hydrogens (tertiary/aromatic N) is 2. The van der Waals surface area contributed by atoms with E-state index in [4.69, 9.17) is 5.73 Å². The molecule has 1 amide bonds. The Labute approximate surface area is 108 Å². The molecule has 0 aliphatic carbocycles. The molecular formula is C12H23N5O. The Morgan fingerprint density at radius 2 is 2.00 bits per heavy atom. The maximum atomic E-state index is 11.5. The van der Waals surface area contributed by atoms with Gasteiger partial charge in [-0.05, 0) is 19.8 Å². The summed E-state index contributed by atoms with van der Waals surface area (Å²) in [6, 6.07) is 0.134. The number of hydrogen-bond donors (Lipinski definition) is 3. The second-order valence-corrected chi connectivity index (χ2v) is 5.00. The lowest BCUT2D eigenvalue weighted by Gasteiger charge is -2.10. The van der Waals surface area contributed by atoms with E-state index in [9.17, 15) is 4.79 Å². The lowest BCUT2D eigenvalue weighted by atomic mass is 10.1. The van der Waals surface area contributed by atoms with Gasteiger partial charge in [0, 0.05) is 13.1 Å². The first kappa shape index (κ1) is 14.3. The van der Waals surface area contributed by atoms with Crippen molar-refractivity contribution in [2.45, 2.75) is 39.7 Å². The quantitative estimate of drug-likeness (QED) is 0.732. The number of amides is 1. The van der Waals surface area contributed by atoms with Crippen molar-refractivity contribution in [2.24, 2.45) is 7.05 Å². The van der Waals surface area contributed by atoms with Gasteiger partial charge in [-0.3, -0.25) is 9.48 Å². The second-order valence-electron chi connectivity index (χ2n) is 5.00. The van der Waals surface area contributed by atoms with Gasteiger partial charge in [0.05, 0.1) is 17.9 Å². The Hall–Kier alpha value is -1.72. The van der Waals surface area contributed by atoms with Gasteiger partial charge in [0.2, 0.25) is 5.91 Å². The van der Waals surface area contributed by atoms with Gasteiger partial charge >= 0.3 is 0 Å². The summed E-state index contributed by atoms with van der Waals surface area (Å²) < 4.78 is 1.67. The molecule has 0 aliphatic rings. The van der Waals surface area contributed by atoms with Crippen LogP contribution in [0, 0.1) is 0 Å². The number of rotatable bonds is 5. The molecule has 0 unspecified atom stereocenters. The van der Waals surface area contributed by atoms with Crippen molar-refractivity contribution < 1.29 is 4.79 Å². The number of nitrogens with two attached hydrogens (primary N) is 1. The molecule has 0 bridgehead atoms. The Kier molecular flexibility index (Phi) is 4.58. The SMILES string of the molecule is CC(C)NC(=O)CNc1c(N)c(C(C)C)nn1C. The highest BCUT2D eigenvalue weighted by atomic mass is 16.1. The summed E-state index contributed by atoms with van der Waals surface area (Å²) in [6.07, 6.45) is 0. The molecule has 0 radical (unpaired) electrons. The van der Waals surface area contributed by atoms with E-state index in [2.05, 4.69) is 15.7 Å². The van der Waals surface area contributed by atoms with Crippen LogP contribution in [0.1, 0.15) is 39.3 Å². The third-order valence-electron chi connectivity index (χ3n) is 2.53. The molecule has 1 rings (SSSR count). The zero-order chi connectivity index (χ0) is 13.9. The molecule has 1 heterocycles. The maximum Gasteiger partial charge on any atom is 0.239 e. The second kappa shape index (κ2) is 5.75. The van der Waals surface area contributed by atoms with Gasteiger partial charge in [-0.25, -0.2) is 0 Å². The average Bonchev–Trinajstić information content (AvgIpc) is 2.51. The van der Waals surface area contributed by atoms with E-state index in [0.717, 1.165) is 5.69 Å². The third kappa shape index (κ3) is 3.38. The summed E-state index contributed by atoms with van der Waals surface area (Å²) in [5.41, 5.74) is 7.48. The van der Waals surface area contributed by atoms with Crippen LogP contribution in [0.15, 0.2) is 0 Å². The Morgan fingerprint density at radius 1 is 1.39 bits per heavy atom. The van der Waals surface area contributed by atoms with E-state index in [1.54, 1.807) is 4.68 Å². The van der Waals surface area contributed by atoms with Crippen LogP contribution in [-0.2, 0) is 11.8 Å². The molecular weight excluding hydrogens is 230 g/mol. The summed E-state index contributed by atoms with van der Waals surface area (Å²) in [6.45, 7) is 8.11. The number of carbonyl (C=O) groups excluding carboxylic acids is 1. The monoisotopic (exact) mass is 253 g/mol. The van der Waals surface area contributed by atoms with Crippen LogP contribution >= 0.6 is 0 Å². The van der Waals surface area contributed by atoms with Gasteiger partial charge in [0.1, 0.15) is 5.82 Å². The molecule has 0 saturated carbocycles. The standard InChI is InChI=1S/C12H23N5O/c1-7(2)11-10(13)12(17(5)16-11)14-6-9(18)15-8(3)4/h7-8,14H,6,13H2,1-5H3,(H,15,18). The lowest BCUT2D eigenvalue weighted by Crippen LogP contribution is -2.35. The molecule has 4 N–H and O–H groups in total. The van der Waals surface area contributed by atoms with Gasteiger partial charge in [0.15, 0.2) is 0 Å². The van der Waals surface area contributed by atoms with Crippen molar-refractivity contribution >= 4 is 17.4 Å². The minimum absolute atomic E-state index is 0.0586. The number of carbonyl (C=O) groups is 1. The first-order chi connectivity index (χ1) is 8.32. The highest BCUT2D eigenvalue weighted by Gasteiger charge is 2.16. The van der Waals surface area contributed by atoms with Crippen molar-refractivity contribution in [1.82, 2.24) is 15.1 Å². The molecule has 0 spiro atoms. The Bertz CT molecular complexity index is 422. The zero-order valence-corrected chi connectivity index (χ0v) is 11.7. The van der Waals surface area contributed by atoms with E-state index in [1.807, 2.05) is 34.7 Å². The fourth-order valence-corrected chi connectivity index (χ4v) is 1.73. The van der Waals surface area contributed by atoms with Crippen molar-refractivity contribution in [3.8, 4) is 0 Å². The van der Waals surface area contributed by atoms with Crippen LogP contribution < -0.4 is 16.4 Å². The number of anilines is 2. The highest BCUT2D eigenvalue weighted by Crippen LogP contribution is 2.27. The average molecular weight is 253 g/mol. The zero-order valence-electron chi connectivity index (χ0n) is 11.7. The summed E-state index contributed by atoms with van der Waals surface area (Å²) in [5, 5.41) is 10.2. The van der Waals surface area contributed by atoms with Crippen molar-refractivity contribution in [2.75, 3.05) is 17.6 Å². The van der Waals surface area contributed by atoms with Crippen LogP contribution in [-0.4, -0.2) is 28.3 Å². The smallest absolute Gasteiger partial charge is 0.239 e. The first-order valence-electron chi connectivity index (χ1n) is 6.18. The maximum absolute atomic E-state index is 11.5. The topological polar surface area (TPSA) is 85.0 Å². The summed E-state index contributed by atoms with van der Waals surface area (Å²) in [5.74, 6) is 0.894. The summed E-state index contributed by atoms with van der Waals surface area (Å²) in [4.78, 5) is 11.5. The molecule has 18 heavy (non-hydrogen) atoms. The predicted octanol–water partition coefficient (Wildman–Crippen LogP) is 1.06. The van der Waals surface area contributed by atoms with Crippen LogP contribution in [0.4, 0.5) is 11.5 Å². The molecule has 6 nitrogen and oxygen atoms in total. The normalized spacial score (nSPS) is 11.1. The van der Waals surface area contributed by atoms with Gasteiger partial charge in [-0.1, -0.05) is 13.8 Å². The van der Waals surface area contributed by atoms with E-state index in [1.165, 1.54) is 0 Å². The molecule has 6 heteroatoms. The van der Waals surface area contributed by atoms with Crippen LogP contribution in [0.3, 0.4) is 0 Å². The van der Waals surface area contributed by atoms with Gasteiger partial charge in [0.25, 0.3) is 0 Å². The summed E-state index contributed by atoms with van der Waals surface area (Å²) >= 11 is 0. The molecule has 0 aliphatic heterocycles. The first-order valence-corrected chi connectivity index (χ1v) is 6.18. The molecule has 1 aromatic heterocycles. The molecule has 1 aromatic rings. The Balaban J connectivity index is 2.71. The van der Waals surface area contributed by atoms with Gasteiger partial charge in [-0.2, -0.15) is 5.10 Å². The minimum atomic E-state index is -0.0586.